The van der Waals surface area contributed by atoms with E-state index in [4.69, 9.17) is 4.52 Å². The van der Waals surface area contributed by atoms with Crippen molar-refractivity contribution in [1.29, 1.82) is 0 Å². The summed E-state index contributed by atoms with van der Waals surface area (Å²) in [5.41, 5.74) is 2.90. The molecule has 0 saturated carbocycles. The highest BCUT2D eigenvalue weighted by atomic mass is 16.5. The highest BCUT2D eigenvalue weighted by molar-refractivity contribution is 6.08. The lowest BCUT2D eigenvalue weighted by Crippen LogP contribution is -2.30. The van der Waals surface area contributed by atoms with E-state index in [1.807, 2.05) is 38.1 Å². The molecule has 3 aromatic rings. The van der Waals surface area contributed by atoms with Crippen molar-refractivity contribution < 1.29 is 14.1 Å². The van der Waals surface area contributed by atoms with E-state index in [1.54, 1.807) is 42.2 Å². The SMILES string of the molecule is CCN(C(=O)c1ccc(C(=O)Nc2cc(C)on2)cc1)c1cccc(C)c1. The van der Waals surface area contributed by atoms with Crippen LogP contribution in [0.2, 0.25) is 0 Å². The van der Waals surface area contributed by atoms with Gasteiger partial charge in [-0.1, -0.05) is 17.3 Å². The van der Waals surface area contributed by atoms with Gasteiger partial charge in [0.25, 0.3) is 11.8 Å². The molecule has 0 aliphatic carbocycles. The first-order valence-corrected chi connectivity index (χ1v) is 8.71. The lowest BCUT2D eigenvalue weighted by molar-refractivity contribution is 0.0984. The number of nitrogens with one attached hydrogen (secondary N) is 1. The van der Waals surface area contributed by atoms with Crippen LogP contribution >= 0.6 is 0 Å². The number of amides is 2. The normalized spacial score (nSPS) is 10.5. The van der Waals surface area contributed by atoms with E-state index in [1.165, 1.54) is 0 Å². The van der Waals surface area contributed by atoms with Crippen LogP contribution in [0.1, 0.15) is 39.0 Å². The van der Waals surface area contributed by atoms with Crippen LogP contribution in [-0.4, -0.2) is 23.5 Å². The molecule has 0 saturated heterocycles. The smallest absolute Gasteiger partial charge is 0.258 e. The number of aryl methyl sites for hydroxylation is 2. The third-order valence-corrected chi connectivity index (χ3v) is 4.14. The van der Waals surface area contributed by atoms with E-state index < -0.39 is 0 Å². The van der Waals surface area contributed by atoms with Gasteiger partial charge in [-0.3, -0.25) is 9.59 Å². The summed E-state index contributed by atoms with van der Waals surface area (Å²) >= 11 is 0. The zero-order valence-electron chi connectivity index (χ0n) is 15.5. The van der Waals surface area contributed by atoms with Gasteiger partial charge in [0, 0.05) is 29.4 Å². The molecule has 2 aromatic carbocycles. The van der Waals surface area contributed by atoms with Crippen LogP contribution in [0.25, 0.3) is 0 Å². The molecule has 1 N–H and O–H groups in total. The standard InChI is InChI=1S/C21H21N3O3/c1-4-24(18-7-5-6-14(2)12-18)21(26)17-10-8-16(9-11-17)20(25)22-19-13-15(3)27-23-19/h5-13H,4H2,1-3H3,(H,22,23,25). The summed E-state index contributed by atoms with van der Waals surface area (Å²) in [5.74, 6) is 0.548. The quantitative estimate of drug-likeness (QED) is 0.737. The lowest BCUT2D eigenvalue weighted by atomic mass is 10.1. The third kappa shape index (κ3) is 4.23. The van der Waals surface area contributed by atoms with Crippen molar-refractivity contribution in [3.63, 3.8) is 0 Å². The van der Waals surface area contributed by atoms with E-state index in [9.17, 15) is 9.59 Å². The van der Waals surface area contributed by atoms with Crippen LogP contribution in [0.15, 0.2) is 59.1 Å². The molecular formula is C21H21N3O3. The van der Waals surface area contributed by atoms with Gasteiger partial charge in [0.15, 0.2) is 5.82 Å². The second-order valence-electron chi connectivity index (χ2n) is 6.24. The molecule has 3 rings (SSSR count). The summed E-state index contributed by atoms with van der Waals surface area (Å²) in [7, 11) is 0. The average molecular weight is 363 g/mol. The first kappa shape index (κ1) is 18.4. The number of hydrogen-bond acceptors (Lipinski definition) is 4. The minimum absolute atomic E-state index is 0.109. The van der Waals surface area contributed by atoms with Crippen LogP contribution in [0, 0.1) is 13.8 Å². The average Bonchev–Trinajstić information content (AvgIpc) is 3.07. The number of hydrogen-bond donors (Lipinski definition) is 1. The highest BCUT2D eigenvalue weighted by Crippen LogP contribution is 2.19. The summed E-state index contributed by atoms with van der Waals surface area (Å²) in [6, 6.07) is 16.0. The van der Waals surface area contributed by atoms with Gasteiger partial charge in [0.1, 0.15) is 5.76 Å². The van der Waals surface area contributed by atoms with Crippen LogP contribution in [-0.2, 0) is 0 Å². The molecule has 0 atom stereocenters. The number of anilines is 2. The van der Waals surface area contributed by atoms with Crippen molar-refractivity contribution in [2.45, 2.75) is 20.8 Å². The zero-order valence-corrected chi connectivity index (χ0v) is 15.5. The number of benzene rings is 2. The minimum Gasteiger partial charge on any atom is -0.360 e. The highest BCUT2D eigenvalue weighted by Gasteiger charge is 2.17. The first-order valence-electron chi connectivity index (χ1n) is 8.71. The van der Waals surface area contributed by atoms with Crippen LogP contribution < -0.4 is 10.2 Å². The zero-order chi connectivity index (χ0) is 19.4. The Kier molecular flexibility index (Phi) is 5.35. The van der Waals surface area contributed by atoms with Crippen LogP contribution in [0.5, 0.6) is 0 Å². The Morgan fingerprint density at radius 3 is 2.33 bits per heavy atom. The summed E-state index contributed by atoms with van der Waals surface area (Å²) in [6.45, 7) is 6.22. The molecule has 138 valence electrons. The lowest BCUT2D eigenvalue weighted by Gasteiger charge is -2.21. The molecule has 6 nitrogen and oxygen atoms in total. The van der Waals surface area contributed by atoms with Crippen molar-refractivity contribution in [3.05, 3.63) is 77.0 Å². The van der Waals surface area contributed by atoms with Gasteiger partial charge in [0.05, 0.1) is 0 Å². The second kappa shape index (κ2) is 7.86. The Hall–Kier alpha value is -3.41. The largest absolute Gasteiger partial charge is 0.360 e. The summed E-state index contributed by atoms with van der Waals surface area (Å²) < 4.78 is 4.93. The number of carbonyl (C=O) groups is 2. The van der Waals surface area contributed by atoms with Crippen molar-refractivity contribution in [3.8, 4) is 0 Å². The van der Waals surface area contributed by atoms with E-state index in [2.05, 4.69) is 10.5 Å². The molecule has 0 radical (unpaired) electrons. The number of rotatable bonds is 5. The fourth-order valence-corrected chi connectivity index (χ4v) is 2.77. The fraction of sp³-hybridized carbons (Fsp3) is 0.190. The molecule has 0 unspecified atom stereocenters. The molecule has 1 aromatic heterocycles. The molecule has 0 fully saturated rings. The van der Waals surface area contributed by atoms with E-state index in [-0.39, 0.29) is 11.8 Å². The maximum Gasteiger partial charge on any atom is 0.258 e. The van der Waals surface area contributed by atoms with Crippen LogP contribution in [0.3, 0.4) is 0 Å². The first-order chi connectivity index (χ1) is 13.0. The molecule has 0 spiro atoms. The molecule has 0 aliphatic heterocycles. The molecule has 6 heteroatoms. The predicted octanol–water partition coefficient (Wildman–Crippen LogP) is 4.21. The van der Waals surface area contributed by atoms with Gasteiger partial charge < -0.3 is 14.7 Å². The Morgan fingerprint density at radius 2 is 1.74 bits per heavy atom. The Bertz CT molecular complexity index is 961. The van der Waals surface area contributed by atoms with E-state index >= 15 is 0 Å². The maximum absolute atomic E-state index is 12.9. The van der Waals surface area contributed by atoms with Gasteiger partial charge >= 0.3 is 0 Å². The fourth-order valence-electron chi connectivity index (χ4n) is 2.77. The second-order valence-corrected chi connectivity index (χ2v) is 6.24. The van der Waals surface area contributed by atoms with Gasteiger partial charge in [-0.15, -0.1) is 0 Å². The molecular weight excluding hydrogens is 342 g/mol. The van der Waals surface area contributed by atoms with Crippen LogP contribution in [0.4, 0.5) is 11.5 Å². The third-order valence-electron chi connectivity index (χ3n) is 4.14. The Morgan fingerprint density at radius 1 is 1.04 bits per heavy atom. The van der Waals surface area contributed by atoms with E-state index in [0.29, 0.717) is 29.2 Å². The minimum atomic E-state index is -0.312. The van der Waals surface area contributed by atoms with E-state index in [0.717, 1.165) is 11.3 Å². The van der Waals surface area contributed by atoms with Crippen molar-refractivity contribution >= 4 is 23.3 Å². The molecule has 0 aliphatic rings. The molecule has 1 heterocycles. The molecule has 2 amide bonds. The van der Waals surface area contributed by atoms with Gasteiger partial charge in [0.2, 0.25) is 0 Å². The number of nitrogens with zero attached hydrogens (tertiary/aromatic N) is 2. The Balaban J connectivity index is 1.75. The van der Waals surface area contributed by atoms with Crippen molar-refractivity contribution in [1.82, 2.24) is 5.16 Å². The molecule has 0 bridgehead atoms. The topological polar surface area (TPSA) is 75.4 Å². The molecule has 27 heavy (non-hydrogen) atoms. The summed E-state index contributed by atoms with van der Waals surface area (Å²) in [6.07, 6.45) is 0. The van der Waals surface area contributed by atoms with Gasteiger partial charge in [-0.05, 0) is 62.7 Å². The number of carbonyl (C=O) groups excluding carboxylic acids is 2. The van der Waals surface area contributed by atoms with Crippen molar-refractivity contribution in [2.24, 2.45) is 0 Å². The number of aromatic nitrogens is 1. The van der Waals surface area contributed by atoms with Gasteiger partial charge in [-0.2, -0.15) is 0 Å². The summed E-state index contributed by atoms with van der Waals surface area (Å²) in [4.78, 5) is 26.8. The predicted molar refractivity (Wildman–Crippen MR) is 104 cm³/mol. The Labute approximate surface area is 157 Å². The van der Waals surface area contributed by atoms with Crippen molar-refractivity contribution in [2.75, 3.05) is 16.8 Å². The van der Waals surface area contributed by atoms with Gasteiger partial charge in [-0.25, -0.2) is 0 Å². The summed E-state index contributed by atoms with van der Waals surface area (Å²) in [5, 5.41) is 6.39. The monoisotopic (exact) mass is 363 g/mol. The maximum atomic E-state index is 12.9.